The molecule has 1 fully saturated rings. The minimum Gasteiger partial charge on any atom is -0.341 e. The predicted octanol–water partition coefficient (Wildman–Crippen LogP) is 2.86. The molecular weight excluding hydrogens is 248 g/mol. The number of hydrogen-bond acceptors (Lipinski definition) is 2. The van der Waals surface area contributed by atoms with Crippen LogP contribution in [-0.2, 0) is 11.3 Å². The molecule has 1 aromatic rings. The Balaban J connectivity index is 2.02. The van der Waals surface area contributed by atoms with E-state index in [1.54, 1.807) is 0 Å². The van der Waals surface area contributed by atoms with Gasteiger partial charge in [-0.15, -0.1) is 0 Å². The second-order valence-corrected chi connectivity index (χ2v) is 6.03. The summed E-state index contributed by atoms with van der Waals surface area (Å²) in [5.41, 5.74) is 8.64. The summed E-state index contributed by atoms with van der Waals surface area (Å²) in [6, 6.07) is 8.26. The molecule has 3 nitrogen and oxygen atoms in total. The van der Waals surface area contributed by atoms with Crippen LogP contribution in [0.4, 0.5) is 0 Å². The van der Waals surface area contributed by atoms with E-state index in [0.29, 0.717) is 6.54 Å². The molecule has 0 bridgehead atoms. The lowest BCUT2D eigenvalue weighted by Gasteiger charge is -2.27. The number of carbonyl (C=O) groups excluding carboxylic acids is 1. The van der Waals surface area contributed by atoms with Crippen molar-refractivity contribution in [2.45, 2.75) is 51.6 Å². The Kier molecular flexibility index (Phi) is 5.18. The zero-order valence-electron chi connectivity index (χ0n) is 12.6. The van der Waals surface area contributed by atoms with Crippen LogP contribution < -0.4 is 5.73 Å². The molecule has 1 aliphatic carbocycles. The van der Waals surface area contributed by atoms with E-state index < -0.39 is 0 Å². The minimum atomic E-state index is 0.00604. The van der Waals surface area contributed by atoms with E-state index in [-0.39, 0.29) is 17.9 Å². The molecule has 0 radical (unpaired) electrons. The molecule has 0 saturated heterocycles. The molecule has 110 valence electrons. The molecule has 2 N–H and O–H groups in total. The van der Waals surface area contributed by atoms with Gasteiger partial charge >= 0.3 is 0 Å². The minimum absolute atomic E-state index is 0.00604. The SMILES string of the molecule is Cc1ccccc1CN(C)C(=O)C1CCCCCC1N. The average molecular weight is 274 g/mol. The number of benzene rings is 1. The number of rotatable bonds is 3. The molecule has 1 aromatic carbocycles. The van der Waals surface area contributed by atoms with Crippen molar-refractivity contribution in [3.05, 3.63) is 35.4 Å². The number of aryl methyl sites for hydroxylation is 1. The lowest BCUT2D eigenvalue weighted by molar-refractivity contribution is -0.135. The summed E-state index contributed by atoms with van der Waals surface area (Å²) in [7, 11) is 1.90. The van der Waals surface area contributed by atoms with Crippen molar-refractivity contribution in [2.24, 2.45) is 11.7 Å². The molecule has 20 heavy (non-hydrogen) atoms. The topological polar surface area (TPSA) is 46.3 Å². The molecule has 0 spiro atoms. The summed E-state index contributed by atoms with van der Waals surface area (Å²) in [6.45, 7) is 2.76. The zero-order valence-corrected chi connectivity index (χ0v) is 12.6. The highest BCUT2D eigenvalue weighted by Crippen LogP contribution is 2.24. The van der Waals surface area contributed by atoms with Gasteiger partial charge in [0.15, 0.2) is 0 Å². The van der Waals surface area contributed by atoms with Gasteiger partial charge in [-0.25, -0.2) is 0 Å². The second kappa shape index (κ2) is 6.89. The first-order chi connectivity index (χ1) is 9.59. The second-order valence-electron chi connectivity index (χ2n) is 6.03. The summed E-state index contributed by atoms with van der Waals surface area (Å²) < 4.78 is 0. The van der Waals surface area contributed by atoms with Gasteiger partial charge in [0.2, 0.25) is 5.91 Å². The summed E-state index contributed by atoms with van der Waals surface area (Å²) in [5, 5.41) is 0. The van der Waals surface area contributed by atoms with Crippen LogP contribution in [0.5, 0.6) is 0 Å². The number of hydrogen-bond donors (Lipinski definition) is 1. The van der Waals surface area contributed by atoms with Crippen molar-refractivity contribution in [3.63, 3.8) is 0 Å². The van der Waals surface area contributed by atoms with Crippen LogP contribution >= 0.6 is 0 Å². The first-order valence-corrected chi connectivity index (χ1v) is 7.64. The van der Waals surface area contributed by atoms with Gasteiger partial charge < -0.3 is 10.6 Å². The average Bonchev–Trinajstić information content (AvgIpc) is 2.65. The Hall–Kier alpha value is -1.35. The van der Waals surface area contributed by atoms with Crippen molar-refractivity contribution in [3.8, 4) is 0 Å². The van der Waals surface area contributed by atoms with Crippen molar-refractivity contribution in [1.82, 2.24) is 4.90 Å². The van der Waals surface area contributed by atoms with Crippen LogP contribution in [0.3, 0.4) is 0 Å². The van der Waals surface area contributed by atoms with Crippen LogP contribution in [0.25, 0.3) is 0 Å². The molecule has 2 rings (SSSR count). The summed E-state index contributed by atoms with van der Waals surface area (Å²) in [4.78, 5) is 14.5. The summed E-state index contributed by atoms with van der Waals surface area (Å²) >= 11 is 0. The Morgan fingerprint density at radius 2 is 1.95 bits per heavy atom. The molecule has 3 heteroatoms. The van der Waals surface area contributed by atoms with Gasteiger partial charge in [0.1, 0.15) is 0 Å². The fourth-order valence-corrected chi connectivity index (χ4v) is 3.05. The molecule has 2 atom stereocenters. The number of amides is 1. The molecule has 1 aliphatic rings. The van der Waals surface area contributed by atoms with E-state index >= 15 is 0 Å². The van der Waals surface area contributed by atoms with Crippen molar-refractivity contribution in [2.75, 3.05) is 7.05 Å². The molecule has 0 aromatic heterocycles. The Morgan fingerprint density at radius 1 is 1.25 bits per heavy atom. The van der Waals surface area contributed by atoms with Crippen molar-refractivity contribution >= 4 is 5.91 Å². The van der Waals surface area contributed by atoms with Gasteiger partial charge in [-0.3, -0.25) is 4.79 Å². The fraction of sp³-hybridized carbons (Fsp3) is 0.588. The van der Waals surface area contributed by atoms with E-state index in [4.69, 9.17) is 5.73 Å². The summed E-state index contributed by atoms with van der Waals surface area (Å²) in [6.07, 6.45) is 5.42. The highest BCUT2D eigenvalue weighted by molar-refractivity contribution is 5.79. The number of nitrogens with zero attached hydrogens (tertiary/aromatic N) is 1. The van der Waals surface area contributed by atoms with Crippen molar-refractivity contribution in [1.29, 1.82) is 0 Å². The van der Waals surface area contributed by atoms with Crippen LogP contribution in [0.1, 0.15) is 43.2 Å². The monoisotopic (exact) mass is 274 g/mol. The zero-order chi connectivity index (χ0) is 14.5. The third-order valence-corrected chi connectivity index (χ3v) is 4.43. The number of carbonyl (C=O) groups is 1. The van der Waals surface area contributed by atoms with Crippen LogP contribution in [0, 0.1) is 12.8 Å². The fourth-order valence-electron chi connectivity index (χ4n) is 3.05. The van der Waals surface area contributed by atoms with E-state index in [0.717, 1.165) is 25.7 Å². The van der Waals surface area contributed by atoms with E-state index in [1.165, 1.54) is 17.5 Å². The maximum absolute atomic E-state index is 12.6. The quantitative estimate of drug-likeness (QED) is 0.862. The lowest BCUT2D eigenvalue weighted by Crippen LogP contribution is -2.42. The highest BCUT2D eigenvalue weighted by atomic mass is 16.2. The molecule has 1 amide bonds. The smallest absolute Gasteiger partial charge is 0.227 e. The van der Waals surface area contributed by atoms with Crippen LogP contribution in [0.2, 0.25) is 0 Å². The molecule has 2 unspecified atom stereocenters. The van der Waals surface area contributed by atoms with Gasteiger partial charge in [0.05, 0.1) is 5.92 Å². The molecule has 1 saturated carbocycles. The Bertz CT molecular complexity index is 458. The van der Waals surface area contributed by atoms with Crippen LogP contribution in [-0.4, -0.2) is 23.9 Å². The normalized spacial score (nSPS) is 23.1. The van der Waals surface area contributed by atoms with Crippen molar-refractivity contribution < 1.29 is 4.79 Å². The molecular formula is C17H26N2O. The first kappa shape index (κ1) is 15.0. The maximum atomic E-state index is 12.6. The third kappa shape index (κ3) is 3.60. The molecule has 0 aliphatic heterocycles. The van der Waals surface area contributed by atoms with Gasteiger partial charge in [-0.1, -0.05) is 43.5 Å². The van der Waals surface area contributed by atoms with Gasteiger partial charge in [-0.2, -0.15) is 0 Å². The van der Waals surface area contributed by atoms with Gasteiger partial charge in [0, 0.05) is 19.6 Å². The van der Waals surface area contributed by atoms with E-state index in [1.807, 2.05) is 24.1 Å². The molecule has 0 heterocycles. The van der Waals surface area contributed by atoms with Crippen LogP contribution in [0.15, 0.2) is 24.3 Å². The van der Waals surface area contributed by atoms with E-state index in [9.17, 15) is 4.79 Å². The predicted molar refractivity (Wildman–Crippen MR) is 82.2 cm³/mol. The Labute approximate surface area is 122 Å². The van der Waals surface area contributed by atoms with Gasteiger partial charge in [-0.05, 0) is 30.9 Å². The maximum Gasteiger partial charge on any atom is 0.227 e. The standard InChI is InChI=1S/C17H26N2O/c1-13-8-6-7-9-14(13)12-19(2)17(20)15-10-4-3-5-11-16(15)18/h6-9,15-16H,3-5,10-12,18H2,1-2H3. The lowest BCUT2D eigenvalue weighted by atomic mass is 9.94. The van der Waals surface area contributed by atoms with Gasteiger partial charge in [0.25, 0.3) is 0 Å². The first-order valence-electron chi connectivity index (χ1n) is 7.64. The third-order valence-electron chi connectivity index (χ3n) is 4.43. The summed E-state index contributed by atoms with van der Waals surface area (Å²) in [5.74, 6) is 0.217. The Morgan fingerprint density at radius 3 is 2.70 bits per heavy atom. The largest absolute Gasteiger partial charge is 0.341 e. The highest BCUT2D eigenvalue weighted by Gasteiger charge is 2.29. The number of nitrogens with two attached hydrogens (primary N) is 1. The van der Waals surface area contributed by atoms with E-state index in [2.05, 4.69) is 19.1 Å².